The second-order valence-corrected chi connectivity index (χ2v) is 4.48. The second-order valence-electron chi connectivity index (χ2n) is 4.48. The molecule has 0 aliphatic heterocycles. The number of aromatic hydroxyl groups is 1. The number of benzene rings is 1. The van der Waals surface area contributed by atoms with E-state index in [4.69, 9.17) is 0 Å². The van der Waals surface area contributed by atoms with Gasteiger partial charge in [-0.25, -0.2) is 8.78 Å². The van der Waals surface area contributed by atoms with Gasteiger partial charge in [0.1, 0.15) is 0 Å². The van der Waals surface area contributed by atoms with Gasteiger partial charge in [-0.05, 0) is 18.9 Å². The molecule has 2 rings (SSSR count). The highest BCUT2D eigenvalue weighted by Crippen LogP contribution is 2.46. The summed E-state index contributed by atoms with van der Waals surface area (Å²) in [5.41, 5.74) is -1.91. The number of hydrogen-bond donors (Lipinski definition) is 2. The van der Waals surface area contributed by atoms with Crippen molar-refractivity contribution in [2.75, 3.05) is 0 Å². The summed E-state index contributed by atoms with van der Waals surface area (Å²) in [6.07, 6.45) is 1.49. The Morgan fingerprint density at radius 1 is 1.17 bits per heavy atom. The summed E-state index contributed by atoms with van der Waals surface area (Å²) in [5.74, 6) is -7.40. The number of aliphatic carboxylic acids is 1. The molecular formula is C12H11F3O3. The van der Waals surface area contributed by atoms with E-state index in [1.54, 1.807) is 0 Å². The lowest BCUT2D eigenvalue weighted by molar-refractivity contribution is -0.143. The molecule has 0 saturated heterocycles. The summed E-state index contributed by atoms with van der Waals surface area (Å²) in [5, 5.41) is 18.8. The first-order chi connectivity index (χ1) is 8.40. The van der Waals surface area contributed by atoms with Crippen LogP contribution in [0.15, 0.2) is 6.07 Å². The first-order valence-electron chi connectivity index (χ1n) is 5.50. The second kappa shape index (κ2) is 4.19. The Hall–Kier alpha value is -1.72. The average molecular weight is 260 g/mol. The van der Waals surface area contributed by atoms with E-state index in [2.05, 4.69) is 0 Å². The van der Waals surface area contributed by atoms with Crippen molar-refractivity contribution in [2.45, 2.75) is 31.1 Å². The number of rotatable bonds is 2. The molecule has 2 N–H and O–H groups in total. The minimum absolute atomic E-state index is 0.167. The third-order valence-electron chi connectivity index (χ3n) is 3.52. The van der Waals surface area contributed by atoms with Crippen molar-refractivity contribution in [1.29, 1.82) is 0 Å². The van der Waals surface area contributed by atoms with Crippen molar-refractivity contribution >= 4 is 5.97 Å². The predicted molar refractivity (Wildman–Crippen MR) is 55.8 cm³/mol. The monoisotopic (exact) mass is 260 g/mol. The Balaban J connectivity index is 2.67. The number of halogens is 3. The van der Waals surface area contributed by atoms with Gasteiger partial charge in [0.25, 0.3) is 0 Å². The van der Waals surface area contributed by atoms with E-state index in [9.17, 15) is 28.2 Å². The van der Waals surface area contributed by atoms with Crippen LogP contribution in [0.3, 0.4) is 0 Å². The highest BCUT2D eigenvalue weighted by Gasteiger charge is 2.46. The van der Waals surface area contributed by atoms with Gasteiger partial charge in [-0.2, -0.15) is 4.39 Å². The van der Waals surface area contributed by atoms with Gasteiger partial charge in [0.05, 0.1) is 5.41 Å². The number of carbonyl (C=O) groups is 1. The first kappa shape index (κ1) is 12.7. The molecule has 0 amide bonds. The maximum absolute atomic E-state index is 13.3. The molecule has 98 valence electrons. The van der Waals surface area contributed by atoms with E-state index in [0.717, 1.165) is 0 Å². The average Bonchev–Trinajstić information content (AvgIpc) is 2.81. The van der Waals surface area contributed by atoms with Gasteiger partial charge in [0.2, 0.25) is 5.82 Å². The van der Waals surface area contributed by atoms with Gasteiger partial charge in [-0.1, -0.05) is 12.8 Å². The molecule has 1 saturated carbocycles. The number of carboxylic acids is 1. The van der Waals surface area contributed by atoms with Crippen LogP contribution >= 0.6 is 0 Å². The molecule has 1 aliphatic rings. The smallest absolute Gasteiger partial charge is 0.314 e. The highest BCUT2D eigenvalue weighted by molar-refractivity contribution is 5.83. The number of phenolic OH excluding ortho intramolecular Hbond substituents is 1. The SMILES string of the molecule is O=C(O)C1(c2cc(F)c(F)c(F)c2O)CCCC1. The van der Waals surface area contributed by atoms with E-state index < -0.39 is 34.6 Å². The molecule has 0 bridgehead atoms. The maximum Gasteiger partial charge on any atom is 0.314 e. The molecule has 1 aliphatic carbocycles. The van der Waals surface area contributed by atoms with Crippen LogP contribution in [-0.2, 0) is 10.2 Å². The van der Waals surface area contributed by atoms with Crippen LogP contribution in [0.25, 0.3) is 0 Å². The molecule has 0 spiro atoms. The van der Waals surface area contributed by atoms with Gasteiger partial charge in [-0.3, -0.25) is 4.79 Å². The van der Waals surface area contributed by atoms with Crippen LogP contribution in [0, 0.1) is 17.5 Å². The van der Waals surface area contributed by atoms with E-state index in [0.29, 0.717) is 18.9 Å². The Kier molecular flexibility index (Phi) is 2.96. The number of phenols is 1. The fraction of sp³-hybridized carbons (Fsp3) is 0.417. The summed E-state index contributed by atoms with van der Waals surface area (Å²) >= 11 is 0. The third kappa shape index (κ3) is 1.63. The fourth-order valence-electron chi connectivity index (χ4n) is 2.53. The zero-order valence-electron chi connectivity index (χ0n) is 9.34. The lowest BCUT2D eigenvalue weighted by atomic mass is 9.78. The third-order valence-corrected chi connectivity index (χ3v) is 3.52. The molecule has 1 aromatic carbocycles. The lowest BCUT2D eigenvalue weighted by Crippen LogP contribution is -2.33. The van der Waals surface area contributed by atoms with Crippen LogP contribution in [0.1, 0.15) is 31.2 Å². The molecule has 0 aromatic heterocycles. The van der Waals surface area contributed by atoms with Crippen molar-refractivity contribution in [1.82, 2.24) is 0 Å². The normalized spacial score (nSPS) is 17.9. The minimum atomic E-state index is -1.80. The zero-order valence-corrected chi connectivity index (χ0v) is 9.34. The Labute approximate surface area is 101 Å². The molecule has 3 nitrogen and oxygen atoms in total. The van der Waals surface area contributed by atoms with Crippen LogP contribution in [0.4, 0.5) is 13.2 Å². The quantitative estimate of drug-likeness (QED) is 0.804. The summed E-state index contributed by atoms with van der Waals surface area (Å²) in [4.78, 5) is 11.3. The van der Waals surface area contributed by atoms with E-state index >= 15 is 0 Å². The van der Waals surface area contributed by atoms with Gasteiger partial charge >= 0.3 is 5.97 Å². The topological polar surface area (TPSA) is 57.5 Å². The van der Waals surface area contributed by atoms with Gasteiger partial charge in [0, 0.05) is 5.56 Å². The Morgan fingerprint density at radius 3 is 2.22 bits per heavy atom. The van der Waals surface area contributed by atoms with Gasteiger partial charge < -0.3 is 10.2 Å². The molecule has 1 fully saturated rings. The van der Waals surface area contributed by atoms with Crippen LogP contribution in [0.5, 0.6) is 5.75 Å². The Bertz CT molecular complexity index is 508. The molecule has 0 radical (unpaired) electrons. The predicted octanol–water partition coefficient (Wildman–Crippen LogP) is 2.71. The molecule has 1 aromatic rings. The van der Waals surface area contributed by atoms with Gasteiger partial charge in [-0.15, -0.1) is 0 Å². The van der Waals surface area contributed by atoms with E-state index in [1.165, 1.54) is 0 Å². The summed E-state index contributed by atoms with van der Waals surface area (Å²) in [6, 6.07) is 0.577. The van der Waals surface area contributed by atoms with Crippen molar-refractivity contribution in [3.05, 3.63) is 29.1 Å². The fourth-order valence-corrected chi connectivity index (χ4v) is 2.53. The maximum atomic E-state index is 13.3. The molecule has 0 atom stereocenters. The van der Waals surface area contributed by atoms with E-state index in [1.807, 2.05) is 0 Å². The Morgan fingerprint density at radius 2 is 1.72 bits per heavy atom. The number of carboxylic acid groups (broad SMARTS) is 1. The zero-order chi connectivity index (χ0) is 13.5. The van der Waals surface area contributed by atoms with Crippen molar-refractivity contribution < 1.29 is 28.2 Å². The molecule has 18 heavy (non-hydrogen) atoms. The van der Waals surface area contributed by atoms with Crippen LogP contribution in [-0.4, -0.2) is 16.2 Å². The highest BCUT2D eigenvalue weighted by atomic mass is 19.2. The van der Waals surface area contributed by atoms with Crippen LogP contribution in [0.2, 0.25) is 0 Å². The minimum Gasteiger partial charge on any atom is -0.505 e. The molecule has 6 heteroatoms. The molecular weight excluding hydrogens is 249 g/mol. The number of hydrogen-bond acceptors (Lipinski definition) is 2. The van der Waals surface area contributed by atoms with Gasteiger partial charge in [0.15, 0.2) is 17.4 Å². The summed E-state index contributed by atoms with van der Waals surface area (Å²) in [7, 11) is 0. The molecule has 0 unspecified atom stereocenters. The molecule has 0 heterocycles. The largest absolute Gasteiger partial charge is 0.505 e. The van der Waals surface area contributed by atoms with E-state index in [-0.39, 0.29) is 18.4 Å². The first-order valence-corrected chi connectivity index (χ1v) is 5.50. The summed E-state index contributed by atoms with van der Waals surface area (Å²) < 4.78 is 39.4. The lowest BCUT2D eigenvalue weighted by Gasteiger charge is -2.25. The summed E-state index contributed by atoms with van der Waals surface area (Å²) in [6.45, 7) is 0. The van der Waals surface area contributed by atoms with Crippen molar-refractivity contribution in [3.8, 4) is 5.75 Å². The van der Waals surface area contributed by atoms with Crippen molar-refractivity contribution in [2.24, 2.45) is 0 Å². The standard InChI is InChI=1S/C12H11F3O3/c13-7-5-6(10(16)9(15)8(7)14)12(11(17)18)3-1-2-4-12/h5,16H,1-4H2,(H,17,18). The van der Waals surface area contributed by atoms with Crippen LogP contribution < -0.4 is 0 Å². The van der Waals surface area contributed by atoms with Crippen molar-refractivity contribution in [3.63, 3.8) is 0 Å².